The minimum Gasteiger partial charge on any atom is -0.373 e. The van der Waals surface area contributed by atoms with Crippen LogP contribution in [-0.2, 0) is 21.2 Å². The highest BCUT2D eigenvalue weighted by Crippen LogP contribution is 2.34. The summed E-state index contributed by atoms with van der Waals surface area (Å²) in [5.41, 5.74) is 0.519. The van der Waals surface area contributed by atoms with Crippen LogP contribution in [0.15, 0.2) is 46.1 Å². The van der Waals surface area contributed by atoms with Crippen molar-refractivity contribution in [2.75, 3.05) is 19.9 Å². The molecule has 31 heavy (non-hydrogen) atoms. The molecule has 1 atom stereocenters. The van der Waals surface area contributed by atoms with Crippen LogP contribution in [0.1, 0.15) is 27.7 Å². The molecule has 0 fully saturated rings. The number of amides is 1. The van der Waals surface area contributed by atoms with Gasteiger partial charge in [-0.3, -0.25) is 9.59 Å². The normalized spacial score (nSPS) is 16.2. The van der Waals surface area contributed by atoms with Gasteiger partial charge in [-0.2, -0.15) is 0 Å². The lowest BCUT2D eigenvalue weighted by Crippen LogP contribution is -2.37. The van der Waals surface area contributed by atoms with Gasteiger partial charge in [-0.25, -0.2) is 17.2 Å². The van der Waals surface area contributed by atoms with E-state index in [4.69, 9.17) is 4.74 Å². The predicted molar refractivity (Wildman–Crippen MR) is 109 cm³/mol. The van der Waals surface area contributed by atoms with Crippen molar-refractivity contribution >= 4 is 26.5 Å². The number of benzene rings is 2. The van der Waals surface area contributed by atoms with Gasteiger partial charge in [-0.1, -0.05) is 0 Å². The van der Waals surface area contributed by atoms with Crippen molar-refractivity contribution < 1.29 is 26.7 Å². The third kappa shape index (κ3) is 3.72. The highest BCUT2D eigenvalue weighted by atomic mass is 32.2. The maximum atomic E-state index is 14.0. The van der Waals surface area contributed by atoms with E-state index in [1.54, 1.807) is 0 Å². The Bertz CT molecular complexity index is 1370. The molecule has 162 valence electrons. The maximum absolute atomic E-state index is 14.0. The van der Waals surface area contributed by atoms with Crippen LogP contribution in [0.5, 0.6) is 0 Å². The SMILES string of the molecule is CN(C(=O)c1ccc(S(C)(=O)=O)cc1)[C@H]1COCc2[nH]c(=O)c3cc(F)c(F)cc3c21. The minimum absolute atomic E-state index is 0.0251. The summed E-state index contributed by atoms with van der Waals surface area (Å²) in [7, 11) is -1.89. The molecule has 1 aliphatic rings. The Balaban J connectivity index is 1.78. The molecule has 1 aliphatic heterocycles. The number of nitrogens with one attached hydrogen (secondary N) is 1. The largest absolute Gasteiger partial charge is 0.373 e. The molecule has 7 nitrogen and oxygen atoms in total. The number of aromatic nitrogens is 1. The van der Waals surface area contributed by atoms with Gasteiger partial charge in [-0.05, 0) is 41.8 Å². The van der Waals surface area contributed by atoms with Crippen LogP contribution in [0.3, 0.4) is 0 Å². The number of pyridine rings is 1. The molecule has 0 aliphatic carbocycles. The first-order valence-electron chi connectivity index (χ1n) is 9.26. The van der Waals surface area contributed by atoms with Crippen molar-refractivity contribution in [3.05, 3.63) is 75.2 Å². The standard InChI is InChI=1S/C21H18F2N2O5S/c1-25(21(27)11-3-5-12(6-4-11)31(2,28)29)18-10-30-9-17-19(18)13-7-15(22)16(23)8-14(13)20(26)24-17/h3-8,18H,9-10H2,1-2H3,(H,24,26)/t18-/m0/s1. The molecule has 0 spiro atoms. The monoisotopic (exact) mass is 448 g/mol. The zero-order valence-corrected chi connectivity index (χ0v) is 17.4. The quantitative estimate of drug-likeness (QED) is 0.664. The minimum atomic E-state index is -3.41. The lowest BCUT2D eigenvalue weighted by Gasteiger charge is -2.34. The van der Waals surface area contributed by atoms with Crippen LogP contribution in [-0.4, -0.2) is 44.1 Å². The Hall–Kier alpha value is -3.11. The Morgan fingerprint density at radius 2 is 1.74 bits per heavy atom. The number of halogens is 2. The van der Waals surface area contributed by atoms with Gasteiger partial charge in [0, 0.05) is 30.1 Å². The molecule has 0 saturated heterocycles. The smallest absolute Gasteiger partial charge is 0.256 e. The van der Waals surface area contributed by atoms with Crippen LogP contribution >= 0.6 is 0 Å². The van der Waals surface area contributed by atoms with Gasteiger partial charge in [0.2, 0.25) is 0 Å². The summed E-state index contributed by atoms with van der Waals surface area (Å²) < 4.78 is 56.5. The fourth-order valence-corrected chi connectivity index (χ4v) is 4.37. The number of nitrogens with zero attached hydrogens (tertiary/aromatic N) is 1. The third-order valence-electron chi connectivity index (χ3n) is 5.36. The van der Waals surface area contributed by atoms with Gasteiger partial charge >= 0.3 is 0 Å². The number of hydrogen-bond acceptors (Lipinski definition) is 5. The lowest BCUT2D eigenvalue weighted by molar-refractivity contribution is 0.0335. The van der Waals surface area contributed by atoms with Gasteiger partial charge < -0.3 is 14.6 Å². The molecule has 0 radical (unpaired) electrons. The van der Waals surface area contributed by atoms with Crippen LogP contribution in [0.25, 0.3) is 10.8 Å². The Kier molecular flexibility index (Phi) is 5.14. The highest BCUT2D eigenvalue weighted by Gasteiger charge is 2.31. The molecule has 10 heteroatoms. The van der Waals surface area contributed by atoms with E-state index in [-0.39, 0.29) is 34.4 Å². The van der Waals surface area contributed by atoms with Gasteiger partial charge in [-0.15, -0.1) is 0 Å². The Labute approximate surface area is 176 Å². The maximum Gasteiger partial charge on any atom is 0.256 e. The summed E-state index contributed by atoms with van der Waals surface area (Å²) in [5, 5.41) is 0.181. The van der Waals surface area contributed by atoms with E-state index in [0.29, 0.717) is 11.3 Å². The van der Waals surface area contributed by atoms with Crippen molar-refractivity contribution in [1.82, 2.24) is 9.88 Å². The van der Waals surface area contributed by atoms with Gasteiger partial charge in [0.25, 0.3) is 11.5 Å². The van der Waals surface area contributed by atoms with Crippen molar-refractivity contribution in [3.63, 3.8) is 0 Å². The van der Waals surface area contributed by atoms with E-state index in [2.05, 4.69) is 4.98 Å². The second-order valence-electron chi connectivity index (χ2n) is 7.40. The zero-order valence-electron chi connectivity index (χ0n) is 16.6. The van der Waals surface area contributed by atoms with Crippen molar-refractivity contribution in [2.24, 2.45) is 0 Å². The van der Waals surface area contributed by atoms with Gasteiger partial charge in [0.05, 0.1) is 29.5 Å². The number of rotatable bonds is 3. The molecule has 0 bridgehead atoms. The number of carbonyl (C=O) groups excluding carboxylic acids is 1. The van der Waals surface area contributed by atoms with Crippen molar-refractivity contribution in [3.8, 4) is 0 Å². The van der Waals surface area contributed by atoms with Crippen LogP contribution in [0, 0.1) is 11.6 Å². The number of aromatic amines is 1. The fraction of sp³-hybridized carbons (Fsp3) is 0.238. The molecule has 0 unspecified atom stereocenters. The molecule has 1 amide bonds. The van der Waals surface area contributed by atoms with Gasteiger partial charge in [0.15, 0.2) is 21.5 Å². The first-order chi connectivity index (χ1) is 14.6. The van der Waals surface area contributed by atoms with Crippen LogP contribution in [0.4, 0.5) is 8.78 Å². The summed E-state index contributed by atoms with van der Waals surface area (Å²) >= 11 is 0. The molecule has 1 N–H and O–H groups in total. The first-order valence-corrected chi connectivity index (χ1v) is 11.2. The number of hydrogen-bond donors (Lipinski definition) is 1. The molecular weight excluding hydrogens is 430 g/mol. The molecule has 3 aromatic rings. The fourth-order valence-electron chi connectivity index (χ4n) is 3.74. The van der Waals surface area contributed by atoms with E-state index in [1.165, 1.54) is 36.2 Å². The molecule has 2 aromatic carbocycles. The Morgan fingerprint density at radius 3 is 2.35 bits per heavy atom. The number of ether oxygens (including phenoxy) is 1. The Morgan fingerprint density at radius 1 is 1.13 bits per heavy atom. The van der Waals surface area contributed by atoms with E-state index in [0.717, 1.165) is 18.4 Å². The van der Waals surface area contributed by atoms with Crippen LogP contribution < -0.4 is 5.56 Å². The number of carbonyl (C=O) groups is 1. The second kappa shape index (κ2) is 7.54. The van der Waals surface area contributed by atoms with Crippen LogP contribution in [0.2, 0.25) is 0 Å². The topological polar surface area (TPSA) is 96.5 Å². The van der Waals surface area contributed by atoms with Crippen molar-refractivity contribution in [2.45, 2.75) is 17.5 Å². The zero-order chi connectivity index (χ0) is 22.5. The molecule has 4 rings (SSSR count). The molecule has 1 aromatic heterocycles. The van der Waals surface area contributed by atoms with E-state index in [9.17, 15) is 26.8 Å². The number of fused-ring (bicyclic) bond motifs is 3. The van der Waals surface area contributed by atoms with Crippen molar-refractivity contribution in [1.29, 1.82) is 0 Å². The number of sulfone groups is 1. The predicted octanol–water partition coefficient (Wildman–Crippen LogP) is 2.55. The van der Waals surface area contributed by atoms with E-state index in [1.807, 2.05) is 0 Å². The summed E-state index contributed by atoms with van der Waals surface area (Å²) in [6, 6.07) is 6.59. The average Bonchev–Trinajstić information content (AvgIpc) is 2.73. The van der Waals surface area contributed by atoms with Gasteiger partial charge in [0.1, 0.15) is 0 Å². The van der Waals surface area contributed by atoms with E-state index >= 15 is 0 Å². The summed E-state index contributed by atoms with van der Waals surface area (Å²) in [6.07, 6.45) is 1.07. The number of H-pyrrole nitrogens is 1. The first kappa shape index (κ1) is 21.1. The summed E-state index contributed by atoms with van der Waals surface area (Å²) in [6.45, 7) is 0.137. The van der Waals surface area contributed by atoms with E-state index < -0.39 is 39.0 Å². The third-order valence-corrected chi connectivity index (χ3v) is 6.49. The summed E-state index contributed by atoms with van der Waals surface area (Å²) in [4.78, 5) is 29.5. The number of likely N-dealkylation sites (N-methyl/N-ethyl adjacent to an activating group) is 1. The molecular formula is C21H18F2N2O5S. The summed E-state index contributed by atoms with van der Waals surface area (Å²) in [5.74, 6) is -2.67. The lowest BCUT2D eigenvalue weighted by atomic mass is 9.95. The second-order valence-corrected chi connectivity index (χ2v) is 9.42. The molecule has 0 saturated carbocycles. The highest BCUT2D eigenvalue weighted by molar-refractivity contribution is 7.90. The average molecular weight is 448 g/mol. The molecule has 2 heterocycles.